The average Bonchev–Trinajstić information content (AvgIpc) is 2.18. The summed E-state index contributed by atoms with van der Waals surface area (Å²) in [6.07, 6.45) is 2.06. The van der Waals surface area contributed by atoms with Gasteiger partial charge in [0.15, 0.2) is 0 Å². The minimum absolute atomic E-state index is 0.447. The Hall–Kier alpha value is -0.870. The second-order valence-corrected chi connectivity index (χ2v) is 4.33. The van der Waals surface area contributed by atoms with Crippen LogP contribution in [-0.2, 0) is 0 Å². The van der Waals surface area contributed by atoms with E-state index < -0.39 is 0 Å². The standard InChI is InChI=1S/C11H22N4/c1-5-10(9(2)3)13-11-8-14(4)6-7-15(11)12/h5,9H,6-8,12H2,1-4H3/b10-5-,13-11?. The summed E-state index contributed by atoms with van der Waals surface area (Å²) in [7, 11) is 2.09. The molecule has 1 aliphatic rings. The topological polar surface area (TPSA) is 44.9 Å². The highest BCUT2D eigenvalue weighted by atomic mass is 15.5. The zero-order valence-corrected chi connectivity index (χ0v) is 10.2. The number of piperazine rings is 1. The molecule has 1 heterocycles. The monoisotopic (exact) mass is 210 g/mol. The van der Waals surface area contributed by atoms with Crippen molar-refractivity contribution in [1.82, 2.24) is 9.91 Å². The minimum Gasteiger partial charge on any atom is -0.297 e. The van der Waals surface area contributed by atoms with Gasteiger partial charge in [-0.2, -0.15) is 0 Å². The van der Waals surface area contributed by atoms with E-state index in [4.69, 9.17) is 5.84 Å². The highest BCUT2D eigenvalue weighted by molar-refractivity contribution is 5.85. The van der Waals surface area contributed by atoms with E-state index >= 15 is 0 Å². The molecule has 0 aromatic carbocycles. The predicted octanol–water partition coefficient (Wildman–Crippen LogP) is 1.07. The van der Waals surface area contributed by atoms with Gasteiger partial charge < -0.3 is 0 Å². The van der Waals surface area contributed by atoms with Gasteiger partial charge in [-0.25, -0.2) is 10.8 Å². The first kappa shape index (κ1) is 12.2. The van der Waals surface area contributed by atoms with Gasteiger partial charge in [-0.1, -0.05) is 19.9 Å². The number of nitrogens with two attached hydrogens (primary N) is 1. The quantitative estimate of drug-likeness (QED) is 0.693. The number of likely N-dealkylation sites (N-methyl/N-ethyl adjacent to an activating group) is 1. The van der Waals surface area contributed by atoms with Crippen LogP contribution in [0.3, 0.4) is 0 Å². The molecule has 0 radical (unpaired) electrons. The summed E-state index contributed by atoms with van der Waals surface area (Å²) >= 11 is 0. The van der Waals surface area contributed by atoms with Crippen LogP contribution in [-0.4, -0.2) is 42.4 Å². The summed E-state index contributed by atoms with van der Waals surface area (Å²) in [5, 5.41) is 1.76. The van der Waals surface area contributed by atoms with Crippen molar-refractivity contribution in [1.29, 1.82) is 0 Å². The van der Waals surface area contributed by atoms with Gasteiger partial charge >= 0.3 is 0 Å². The number of allylic oxidation sites excluding steroid dienone is 2. The van der Waals surface area contributed by atoms with Gasteiger partial charge in [0.05, 0.1) is 6.54 Å². The Kier molecular flexibility index (Phi) is 4.29. The SMILES string of the molecule is C/C=C(\N=C1CN(C)CCN1N)C(C)C. The van der Waals surface area contributed by atoms with Gasteiger partial charge in [0, 0.05) is 18.8 Å². The number of hydrazine groups is 1. The van der Waals surface area contributed by atoms with Crippen LogP contribution in [0.2, 0.25) is 0 Å². The molecule has 0 amide bonds. The molecular weight excluding hydrogens is 188 g/mol. The number of amidine groups is 1. The number of hydrogen-bond acceptors (Lipinski definition) is 3. The van der Waals surface area contributed by atoms with E-state index in [9.17, 15) is 0 Å². The van der Waals surface area contributed by atoms with Crippen molar-refractivity contribution in [3.8, 4) is 0 Å². The van der Waals surface area contributed by atoms with Crippen LogP contribution < -0.4 is 5.84 Å². The summed E-state index contributed by atoms with van der Waals surface area (Å²) < 4.78 is 0. The first-order valence-corrected chi connectivity index (χ1v) is 5.49. The first-order valence-electron chi connectivity index (χ1n) is 5.49. The van der Waals surface area contributed by atoms with Crippen LogP contribution in [0, 0.1) is 5.92 Å². The molecule has 0 aliphatic carbocycles. The van der Waals surface area contributed by atoms with Crippen molar-refractivity contribution in [2.24, 2.45) is 16.8 Å². The molecule has 0 unspecified atom stereocenters. The molecule has 1 saturated heterocycles. The van der Waals surface area contributed by atoms with Crippen molar-refractivity contribution >= 4 is 5.84 Å². The predicted molar refractivity (Wildman–Crippen MR) is 64.4 cm³/mol. The largest absolute Gasteiger partial charge is 0.297 e. The minimum atomic E-state index is 0.447. The molecule has 2 N–H and O–H groups in total. The normalized spacial score (nSPS) is 22.9. The summed E-state index contributed by atoms with van der Waals surface area (Å²) in [5.74, 6) is 7.30. The van der Waals surface area contributed by atoms with Gasteiger partial charge in [0.2, 0.25) is 0 Å². The van der Waals surface area contributed by atoms with Gasteiger partial charge in [0.25, 0.3) is 0 Å². The molecular formula is C11H22N4. The third kappa shape index (κ3) is 3.32. The van der Waals surface area contributed by atoms with Gasteiger partial charge in [-0.3, -0.25) is 9.91 Å². The van der Waals surface area contributed by atoms with Gasteiger partial charge in [0.1, 0.15) is 5.84 Å². The molecule has 1 aliphatic heterocycles. The third-order valence-electron chi connectivity index (χ3n) is 2.61. The molecule has 0 aromatic heterocycles. The number of rotatable bonds is 2. The molecule has 1 rings (SSSR count). The van der Waals surface area contributed by atoms with Crippen LogP contribution in [0.1, 0.15) is 20.8 Å². The molecule has 0 spiro atoms. The molecule has 0 bridgehead atoms. The summed E-state index contributed by atoms with van der Waals surface area (Å²) in [5.41, 5.74) is 1.11. The van der Waals surface area contributed by atoms with E-state index in [1.807, 2.05) is 6.92 Å². The second kappa shape index (κ2) is 5.28. The average molecular weight is 210 g/mol. The summed E-state index contributed by atoms with van der Waals surface area (Å²) in [6, 6.07) is 0. The van der Waals surface area contributed by atoms with Gasteiger partial charge in [-0.15, -0.1) is 0 Å². The first-order chi connectivity index (χ1) is 7.04. The maximum absolute atomic E-state index is 5.89. The number of hydrogen-bond donors (Lipinski definition) is 1. The Bertz CT molecular complexity index is 268. The highest BCUT2D eigenvalue weighted by Gasteiger charge is 2.17. The Balaban J connectivity index is 2.79. The fourth-order valence-electron chi connectivity index (χ4n) is 1.59. The lowest BCUT2D eigenvalue weighted by atomic mass is 10.1. The Morgan fingerprint density at radius 2 is 2.13 bits per heavy atom. The van der Waals surface area contributed by atoms with E-state index in [2.05, 4.69) is 36.9 Å². The molecule has 15 heavy (non-hydrogen) atoms. The lowest BCUT2D eigenvalue weighted by Gasteiger charge is -2.32. The van der Waals surface area contributed by atoms with Crippen LogP contribution in [0.5, 0.6) is 0 Å². The van der Waals surface area contributed by atoms with Crippen molar-refractivity contribution in [3.05, 3.63) is 11.8 Å². The van der Waals surface area contributed by atoms with Crippen LogP contribution in [0.25, 0.3) is 0 Å². The maximum Gasteiger partial charge on any atom is 0.133 e. The highest BCUT2D eigenvalue weighted by Crippen LogP contribution is 2.12. The van der Waals surface area contributed by atoms with E-state index in [1.165, 1.54) is 0 Å². The van der Waals surface area contributed by atoms with Crippen LogP contribution in [0.4, 0.5) is 0 Å². The zero-order chi connectivity index (χ0) is 11.4. The second-order valence-electron chi connectivity index (χ2n) is 4.33. The molecule has 1 fully saturated rings. The summed E-state index contributed by atoms with van der Waals surface area (Å²) in [6.45, 7) is 9.00. The lowest BCUT2D eigenvalue weighted by Crippen LogP contribution is -2.52. The van der Waals surface area contributed by atoms with Crippen LogP contribution in [0.15, 0.2) is 16.8 Å². The lowest BCUT2D eigenvalue weighted by molar-refractivity contribution is 0.268. The van der Waals surface area contributed by atoms with Crippen molar-refractivity contribution in [2.75, 3.05) is 26.7 Å². The number of aliphatic imine (C=N–C) groups is 1. The smallest absolute Gasteiger partial charge is 0.133 e. The molecule has 0 saturated carbocycles. The Morgan fingerprint density at radius 1 is 1.47 bits per heavy atom. The maximum atomic E-state index is 5.89. The molecule has 0 aromatic rings. The Morgan fingerprint density at radius 3 is 2.67 bits per heavy atom. The van der Waals surface area contributed by atoms with E-state index in [-0.39, 0.29) is 0 Å². The van der Waals surface area contributed by atoms with E-state index in [0.29, 0.717) is 5.92 Å². The van der Waals surface area contributed by atoms with E-state index in [1.54, 1.807) is 5.01 Å². The molecule has 86 valence electrons. The van der Waals surface area contributed by atoms with Crippen LogP contribution >= 0.6 is 0 Å². The van der Waals surface area contributed by atoms with E-state index in [0.717, 1.165) is 31.2 Å². The van der Waals surface area contributed by atoms with Crippen molar-refractivity contribution < 1.29 is 0 Å². The van der Waals surface area contributed by atoms with Crippen molar-refractivity contribution in [3.63, 3.8) is 0 Å². The number of nitrogens with zero attached hydrogens (tertiary/aromatic N) is 3. The third-order valence-corrected chi connectivity index (χ3v) is 2.61. The molecule has 4 nitrogen and oxygen atoms in total. The molecule has 4 heteroatoms. The fraction of sp³-hybridized carbons (Fsp3) is 0.727. The zero-order valence-electron chi connectivity index (χ0n) is 10.2. The fourth-order valence-corrected chi connectivity index (χ4v) is 1.59. The Labute approximate surface area is 92.4 Å². The summed E-state index contributed by atoms with van der Waals surface area (Å²) in [4.78, 5) is 6.85. The molecule has 0 atom stereocenters. The van der Waals surface area contributed by atoms with Gasteiger partial charge in [-0.05, 0) is 19.9 Å². The van der Waals surface area contributed by atoms with Crippen molar-refractivity contribution in [2.45, 2.75) is 20.8 Å².